The van der Waals surface area contributed by atoms with E-state index in [0.717, 1.165) is 25.7 Å². The number of esters is 2. The van der Waals surface area contributed by atoms with Gasteiger partial charge in [-0.2, -0.15) is 0 Å². The third kappa shape index (κ3) is 17.5. The highest BCUT2D eigenvalue weighted by atomic mass is 16.5. The summed E-state index contributed by atoms with van der Waals surface area (Å²) in [4.78, 5) is 31.3. The van der Waals surface area contributed by atoms with Gasteiger partial charge in [-0.15, -0.1) is 0 Å². The molecule has 26 heavy (non-hydrogen) atoms. The average Bonchev–Trinajstić information content (AvgIpc) is 2.49. The molecule has 1 amide bonds. The number of rotatable bonds is 11. The third-order valence-corrected chi connectivity index (χ3v) is 2.83. The van der Waals surface area contributed by atoms with E-state index >= 15 is 0 Å². The molecule has 0 saturated heterocycles. The summed E-state index contributed by atoms with van der Waals surface area (Å²) in [5, 5.41) is 7.19. The first kappa shape index (κ1) is 25.4. The summed E-state index contributed by atoms with van der Waals surface area (Å²) in [7, 11) is 0. The molecule has 0 rings (SSSR count). The maximum Gasteiger partial charge on any atom is 0.402 e. The van der Waals surface area contributed by atoms with Gasteiger partial charge in [0.2, 0.25) is 0 Å². The molecule has 0 radical (unpaired) electrons. The Hall–Kier alpha value is -2.83. The van der Waals surface area contributed by atoms with E-state index in [1.54, 1.807) is 13.8 Å². The first-order valence-corrected chi connectivity index (χ1v) is 8.06. The van der Waals surface area contributed by atoms with E-state index in [1.807, 2.05) is 0 Å². The Bertz CT molecular complexity index is 514. The van der Waals surface area contributed by atoms with Crippen LogP contribution in [0.5, 0.6) is 0 Å². The second-order valence-electron chi connectivity index (χ2n) is 5.67. The van der Waals surface area contributed by atoms with Crippen molar-refractivity contribution in [3.05, 3.63) is 49.0 Å². The molecule has 0 spiro atoms. The maximum absolute atomic E-state index is 11.3. The van der Waals surface area contributed by atoms with Crippen molar-refractivity contribution in [1.82, 2.24) is 0 Å². The number of hydrogen-bond donors (Lipinski definition) is 2. The Labute approximate surface area is 154 Å². The van der Waals surface area contributed by atoms with E-state index in [9.17, 15) is 9.59 Å². The van der Waals surface area contributed by atoms with Gasteiger partial charge in [0.25, 0.3) is 0 Å². The first-order valence-electron chi connectivity index (χ1n) is 8.06. The molecule has 0 saturated carbocycles. The fourth-order valence-corrected chi connectivity index (χ4v) is 1.54. The molecule has 7 nitrogen and oxygen atoms in total. The van der Waals surface area contributed by atoms with Gasteiger partial charge in [0.1, 0.15) is 11.5 Å². The Morgan fingerprint density at radius 3 is 1.27 bits per heavy atom. The van der Waals surface area contributed by atoms with E-state index in [0.29, 0.717) is 35.5 Å². The number of allylic oxidation sites excluding steroid dienone is 2. The number of ether oxygens (including phenoxy) is 2. The van der Waals surface area contributed by atoms with Crippen molar-refractivity contribution in [3.8, 4) is 0 Å². The number of primary amides is 1. The molecule has 0 aliphatic rings. The molecular weight excluding hydrogens is 338 g/mol. The van der Waals surface area contributed by atoms with Crippen LogP contribution in [0.4, 0.5) is 4.79 Å². The zero-order chi connectivity index (χ0) is 20.7. The van der Waals surface area contributed by atoms with Crippen LogP contribution in [0.25, 0.3) is 0 Å². The lowest BCUT2D eigenvalue weighted by Crippen LogP contribution is -2.04. The smallest absolute Gasteiger partial charge is 0.402 e. The highest BCUT2D eigenvalue weighted by Gasteiger charge is 2.07. The van der Waals surface area contributed by atoms with E-state index in [1.165, 1.54) is 0 Å². The summed E-state index contributed by atoms with van der Waals surface area (Å²) in [5.41, 5.74) is 4.76. The quantitative estimate of drug-likeness (QED) is 0.244. The number of carbonyl (C=O) groups excluding carboxylic acids is 2. The average molecular weight is 367 g/mol. The number of amides is 1. The molecule has 7 heteroatoms. The van der Waals surface area contributed by atoms with Crippen molar-refractivity contribution in [3.63, 3.8) is 0 Å². The summed E-state index contributed by atoms with van der Waals surface area (Å²) in [5.74, 6) is 0.0712. The van der Waals surface area contributed by atoms with Crippen LogP contribution in [0, 0.1) is 0 Å². The van der Waals surface area contributed by atoms with Gasteiger partial charge in [0, 0.05) is 24.0 Å². The number of carboxylic acid groups (broad SMARTS) is 1. The number of hydrogen-bond acceptors (Lipinski definition) is 5. The van der Waals surface area contributed by atoms with Crippen LogP contribution in [-0.2, 0) is 19.1 Å². The molecule has 0 aliphatic heterocycles. The van der Waals surface area contributed by atoms with Gasteiger partial charge < -0.3 is 20.3 Å². The first-order chi connectivity index (χ1) is 12.0. The van der Waals surface area contributed by atoms with Gasteiger partial charge in [0.05, 0.1) is 0 Å². The van der Waals surface area contributed by atoms with Crippen molar-refractivity contribution >= 4 is 18.0 Å². The molecule has 3 N–H and O–H groups in total. The van der Waals surface area contributed by atoms with Gasteiger partial charge in [-0.3, -0.25) is 0 Å². The minimum atomic E-state index is -1.33. The highest BCUT2D eigenvalue weighted by molar-refractivity contribution is 5.88. The van der Waals surface area contributed by atoms with Gasteiger partial charge in [-0.05, 0) is 26.7 Å². The third-order valence-electron chi connectivity index (χ3n) is 2.83. The standard InChI is InChI=1S/C18H26O4.CH3NO2/c1-13(2)17(19)21-15(5)11-9-7-8-10-12-16(6)22-18(20)14(3)4;2-1(3)4/h1,3,5-12H2,2,4H3;2H2,(H,3,4). The zero-order valence-corrected chi connectivity index (χ0v) is 15.6. The summed E-state index contributed by atoms with van der Waals surface area (Å²) < 4.78 is 10.0. The van der Waals surface area contributed by atoms with Crippen molar-refractivity contribution in [1.29, 1.82) is 0 Å². The molecule has 0 aromatic carbocycles. The van der Waals surface area contributed by atoms with Crippen molar-refractivity contribution in [2.45, 2.75) is 52.4 Å². The lowest BCUT2D eigenvalue weighted by molar-refractivity contribution is -0.136. The van der Waals surface area contributed by atoms with Crippen LogP contribution in [0.2, 0.25) is 0 Å². The van der Waals surface area contributed by atoms with Gasteiger partial charge in [-0.25, -0.2) is 14.4 Å². The summed E-state index contributed by atoms with van der Waals surface area (Å²) in [6.45, 7) is 17.6. The lowest BCUT2D eigenvalue weighted by atomic mass is 10.1. The largest absolute Gasteiger partial charge is 0.465 e. The summed E-state index contributed by atoms with van der Waals surface area (Å²) in [6, 6.07) is 0. The van der Waals surface area contributed by atoms with Crippen molar-refractivity contribution in [2.75, 3.05) is 0 Å². The molecule has 0 heterocycles. The van der Waals surface area contributed by atoms with E-state index in [-0.39, 0.29) is 0 Å². The van der Waals surface area contributed by atoms with Crippen LogP contribution < -0.4 is 5.73 Å². The Morgan fingerprint density at radius 1 is 0.769 bits per heavy atom. The second kappa shape index (κ2) is 14.5. The van der Waals surface area contributed by atoms with Gasteiger partial charge in [-0.1, -0.05) is 39.2 Å². The molecule has 0 aromatic heterocycles. The monoisotopic (exact) mass is 367 g/mol. The van der Waals surface area contributed by atoms with Crippen LogP contribution in [0.3, 0.4) is 0 Å². The Morgan fingerprint density at radius 2 is 1.04 bits per heavy atom. The molecule has 0 aliphatic carbocycles. The fourth-order valence-electron chi connectivity index (χ4n) is 1.54. The molecule has 0 atom stereocenters. The Kier molecular flexibility index (Phi) is 14.2. The SMILES string of the molecule is C=C(CCCCCCC(=C)OC(=O)C(=C)C)OC(=O)C(=C)C.NC(=O)O. The molecule has 0 aromatic rings. The topological polar surface area (TPSA) is 116 Å². The number of nitrogens with two attached hydrogens (primary N) is 1. The second-order valence-corrected chi connectivity index (χ2v) is 5.67. The summed E-state index contributed by atoms with van der Waals surface area (Å²) in [6.07, 6.45) is 3.69. The van der Waals surface area contributed by atoms with Crippen LogP contribution in [0.15, 0.2) is 49.0 Å². The number of carbonyl (C=O) groups is 3. The normalized spacial score (nSPS) is 9.15. The van der Waals surface area contributed by atoms with Crippen molar-refractivity contribution < 1.29 is 29.0 Å². The Balaban J connectivity index is 0. The highest BCUT2D eigenvalue weighted by Crippen LogP contribution is 2.14. The van der Waals surface area contributed by atoms with Gasteiger partial charge in [0.15, 0.2) is 0 Å². The maximum atomic E-state index is 11.3. The van der Waals surface area contributed by atoms with Crippen LogP contribution >= 0.6 is 0 Å². The van der Waals surface area contributed by atoms with E-state index < -0.39 is 18.0 Å². The van der Waals surface area contributed by atoms with Crippen LogP contribution in [0.1, 0.15) is 52.4 Å². The van der Waals surface area contributed by atoms with Crippen LogP contribution in [-0.4, -0.2) is 23.1 Å². The lowest BCUT2D eigenvalue weighted by Gasteiger charge is -2.08. The minimum absolute atomic E-state index is 0.365. The van der Waals surface area contributed by atoms with Crippen molar-refractivity contribution in [2.24, 2.45) is 5.73 Å². The number of unbranched alkanes of at least 4 members (excludes halogenated alkanes) is 3. The van der Waals surface area contributed by atoms with E-state index in [2.05, 4.69) is 32.0 Å². The molecular formula is C19H29NO6. The molecule has 0 fully saturated rings. The van der Waals surface area contributed by atoms with E-state index in [4.69, 9.17) is 19.4 Å². The fraction of sp³-hybridized carbons (Fsp3) is 0.421. The predicted molar refractivity (Wildman–Crippen MR) is 100 cm³/mol. The van der Waals surface area contributed by atoms with Gasteiger partial charge >= 0.3 is 18.0 Å². The molecule has 0 unspecified atom stereocenters. The zero-order valence-electron chi connectivity index (χ0n) is 15.6. The molecule has 0 bridgehead atoms. The predicted octanol–water partition coefficient (Wildman–Crippen LogP) is 4.22. The molecule has 146 valence electrons. The summed E-state index contributed by atoms with van der Waals surface area (Å²) >= 11 is 0. The minimum Gasteiger partial charge on any atom is -0.465 e.